The van der Waals surface area contributed by atoms with Crippen LogP contribution in [-0.2, 0) is 0 Å². The van der Waals surface area contributed by atoms with Crippen LogP contribution in [0.15, 0.2) is 18.2 Å². The predicted molar refractivity (Wildman–Crippen MR) is 112 cm³/mol. The van der Waals surface area contributed by atoms with Crippen LogP contribution in [0.25, 0.3) is 0 Å². The van der Waals surface area contributed by atoms with Gasteiger partial charge >= 0.3 is 0 Å². The van der Waals surface area contributed by atoms with Crippen molar-refractivity contribution in [2.75, 3.05) is 36.4 Å². The Morgan fingerprint density at radius 2 is 2.00 bits per heavy atom. The number of rotatable bonds is 5. The molecule has 2 aliphatic heterocycles. The van der Waals surface area contributed by atoms with E-state index in [1.54, 1.807) is 0 Å². The molecule has 0 bridgehead atoms. The first-order chi connectivity index (χ1) is 13.5. The second-order valence-corrected chi connectivity index (χ2v) is 7.88. The van der Waals surface area contributed by atoms with Crippen LogP contribution in [0.1, 0.15) is 35.7 Å². The molecule has 2 fully saturated rings. The van der Waals surface area contributed by atoms with E-state index in [1.165, 1.54) is 6.21 Å². The number of hydrogen-bond donors (Lipinski definition) is 4. The zero-order valence-electron chi connectivity index (χ0n) is 15.9. The van der Waals surface area contributed by atoms with Gasteiger partial charge < -0.3 is 26.0 Å². The summed E-state index contributed by atoms with van der Waals surface area (Å²) in [6.07, 6.45) is 3.12. The van der Waals surface area contributed by atoms with Crippen molar-refractivity contribution < 1.29 is 5.11 Å². The van der Waals surface area contributed by atoms with E-state index >= 15 is 0 Å². The Morgan fingerprint density at radius 3 is 2.68 bits per heavy atom. The van der Waals surface area contributed by atoms with E-state index in [0.717, 1.165) is 48.6 Å². The molecule has 4 rings (SSSR count). The summed E-state index contributed by atoms with van der Waals surface area (Å²) in [5, 5.41) is 24.8. The van der Waals surface area contributed by atoms with Gasteiger partial charge in [-0.1, -0.05) is 11.6 Å². The van der Waals surface area contributed by atoms with E-state index < -0.39 is 0 Å². The van der Waals surface area contributed by atoms with Crippen LogP contribution in [0.2, 0.25) is 5.02 Å². The van der Waals surface area contributed by atoms with Crippen LogP contribution in [-0.4, -0.2) is 53.6 Å². The molecule has 1 aromatic carbocycles. The Bertz CT molecular complexity index is 877. The molecule has 2 aromatic rings. The van der Waals surface area contributed by atoms with Crippen LogP contribution >= 0.6 is 11.6 Å². The van der Waals surface area contributed by atoms with Gasteiger partial charge in [0.15, 0.2) is 0 Å². The molecular formula is C20H25ClN6O. The van der Waals surface area contributed by atoms with Crippen molar-refractivity contribution in [3.05, 3.63) is 40.2 Å². The highest BCUT2D eigenvalue weighted by molar-refractivity contribution is 6.32. The average Bonchev–Trinajstić information content (AvgIpc) is 2.66. The highest BCUT2D eigenvalue weighted by atomic mass is 35.5. The SMILES string of the molecule is Cc1nc(Nc2cc(C3CCNCC3)c(Cl)cc2C=N)cc(N2CC(O)C2)n1. The topological polar surface area (TPSA) is 97.2 Å². The lowest BCUT2D eigenvalue weighted by molar-refractivity contribution is 0.141. The number of benzene rings is 1. The molecule has 0 unspecified atom stereocenters. The highest BCUT2D eigenvalue weighted by Gasteiger charge is 2.26. The van der Waals surface area contributed by atoms with Crippen molar-refractivity contribution in [1.82, 2.24) is 15.3 Å². The molecule has 4 N–H and O–H groups in total. The first-order valence-corrected chi connectivity index (χ1v) is 10.0. The molecule has 3 heterocycles. The van der Waals surface area contributed by atoms with Crippen LogP contribution in [0.4, 0.5) is 17.3 Å². The normalized spacial score (nSPS) is 18.0. The van der Waals surface area contributed by atoms with Crippen LogP contribution in [0, 0.1) is 12.3 Å². The number of aromatic nitrogens is 2. The first-order valence-electron chi connectivity index (χ1n) is 9.64. The molecular weight excluding hydrogens is 376 g/mol. The summed E-state index contributed by atoms with van der Waals surface area (Å²) in [7, 11) is 0. The average molecular weight is 401 g/mol. The Balaban J connectivity index is 1.64. The third-order valence-electron chi connectivity index (χ3n) is 5.38. The third-order valence-corrected chi connectivity index (χ3v) is 5.70. The second kappa shape index (κ2) is 8.03. The Kier molecular flexibility index (Phi) is 5.48. The van der Waals surface area contributed by atoms with Crippen LogP contribution in [0.3, 0.4) is 0 Å². The minimum absolute atomic E-state index is 0.292. The van der Waals surface area contributed by atoms with Crippen LogP contribution in [0.5, 0.6) is 0 Å². The van der Waals surface area contributed by atoms with Gasteiger partial charge in [0.2, 0.25) is 0 Å². The standard InChI is InChI=1S/C20H25ClN6O/c1-12-24-19(8-20(25-12)27-10-15(28)11-27)26-18-7-16(13-2-4-23-5-3-13)17(21)6-14(18)9-22/h6-9,13,15,22-23,28H,2-5,10-11H2,1H3,(H,24,25,26). The maximum Gasteiger partial charge on any atom is 0.136 e. The smallest absolute Gasteiger partial charge is 0.136 e. The number of aryl methyl sites for hydroxylation is 1. The number of piperidine rings is 1. The van der Waals surface area contributed by atoms with Crippen molar-refractivity contribution in [2.24, 2.45) is 0 Å². The molecule has 2 aliphatic rings. The molecule has 0 saturated carbocycles. The van der Waals surface area contributed by atoms with Gasteiger partial charge in [0.05, 0.1) is 6.10 Å². The number of β-amino-alcohol motifs (C(OH)–C–C–N with tert-alkyl or cyclic N) is 1. The number of aliphatic hydroxyl groups excluding tert-OH is 1. The number of nitrogens with one attached hydrogen (secondary N) is 3. The van der Waals surface area contributed by atoms with Crippen molar-refractivity contribution in [2.45, 2.75) is 31.8 Å². The Hall–Kier alpha value is -2.22. The molecule has 0 radical (unpaired) electrons. The molecule has 7 nitrogen and oxygen atoms in total. The number of hydrogen-bond acceptors (Lipinski definition) is 7. The van der Waals surface area contributed by atoms with E-state index in [2.05, 4.69) is 26.7 Å². The van der Waals surface area contributed by atoms with Crippen molar-refractivity contribution in [3.63, 3.8) is 0 Å². The number of anilines is 3. The van der Waals surface area contributed by atoms with Crippen molar-refractivity contribution in [3.8, 4) is 0 Å². The highest BCUT2D eigenvalue weighted by Crippen LogP contribution is 2.35. The lowest BCUT2D eigenvalue weighted by atomic mass is 9.89. The summed E-state index contributed by atoms with van der Waals surface area (Å²) in [6.45, 7) is 5.01. The summed E-state index contributed by atoms with van der Waals surface area (Å²) < 4.78 is 0. The van der Waals surface area contributed by atoms with Crippen LogP contribution < -0.4 is 15.5 Å². The van der Waals surface area contributed by atoms with Gasteiger partial charge in [0.1, 0.15) is 17.5 Å². The minimum atomic E-state index is -0.292. The van der Waals surface area contributed by atoms with Crippen molar-refractivity contribution >= 4 is 35.1 Å². The van der Waals surface area contributed by atoms with E-state index in [9.17, 15) is 5.11 Å². The molecule has 0 amide bonds. The number of aliphatic hydroxyl groups is 1. The fraction of sp³-hybridized carbons (Fsp3) is 0.450. The molecule has 0 aliphatic carbocycles. The molecule has 1 aromatic heterocycles. The Labute approximate surface area is 169 Å². The lowest BCUT2D eigenvalue weighted by Gasteiger charge is -2.37. The Morgan fingerprint density at radius 1 is 1.25 bits per heavy atom. The second-order valence-electron chi connectivity index (χ2n) is 7.47. The molecule has 148 valence electrons. The molecule has 8 heteroatoms. The maximum atomic E-state index is 9.56. The first kappa shape index (κ1) is 19.1. The van der Waals surface area contributed by atoms with Gasteiger partial charge in [-0.2, -0.15) is 0 Å². The quantitative estimate of drug-likeness (QED) is 0.576. The van der Waals surface area contributed by atoms with Crippen molar-refractivity contribution in [1.29, 1.82) is 5.41 Å². The van der Waals surface area contributed by atoms with Gasteiger partial charge in [-0.05, 0) is 56.5 Å². The van der Waals surface area contributed by atoms with Gasteiger partial charge in [-0.3, -0.25) is 0 Å². The lowest BCUT2D eigenvalue weighted by Crippen LogP contribution is -2.51. The zero-order chi connectivity index (χ0) is 19.7. The zero-order valence-corrected chi connectivity index (χ0v) is 16.6. The van der Waals surface area contributed by atoms with Gasteiger partial charge in [-0.25, -0.2) is 9.97 Å². The van der Waals surface area contributed by atoms with E-state index in [-0.39, 0.29) is 6.10 Å². The van der Waals surface area contributed by atoms with Gasteiger partial charge in [0, 0.05) is 41.6 Å². The molecule has 0 atom stereocenters. The minimum Gasteiger partial charge on any atom is -0.389 e. The molecule has 28 heavy (non-hydrogen) atoms. The van der Waals surface area contributed by atoms with E-state index in [0.29, 0.717) is 35.7 Å². The summed E-state index contributed by atoms with van der Waals surface area (Å²) in [5.41, 5.74) is 2.66. The monoisotopic (exact) mass is 400 g/mol. The summed E-state index contributed by atoms with van der Waals surface area (Å²) in [5.74, 6) is 2.54. The van der Waals surface area contributed by atoms with Gasteiger partial charge in [0.25, 0.3) is 0 Å². The number of nitrogens with zero attached hydrogens (tertiary/aromatic N) is 3. The fourth-order valence-electron chi connectivity index (χ4n) is 3.84. The summed E-state index contributed by atoms with van der Waals surface area (Å²) in [6, 6.07) is 5.80. The maximum absolute atomic E-state index is 9.56. The third kappa shape index (κ3) is 3.97. The predicted octanol–water partition coefficient (Wildman–Crippen LogP) is 2.83. The van der Waals surface area contributed by atoms with Gasteiger partial charge in [-0.15, -0.1) is 0 Å². The largest absolute Gasteiger partial charge is 0.389 e. The molecule has 0 spiro atoms. The van der Waals surface area contributed by atoms with E-state index in [1.807, 2.05) is 24.0 Å². The summed E-state index contributed by atoms with van der Waals surface area (Å²) >= 11 is 6.54. The fourth-order valence-corrected chi connectivity index (χ4v) is 4.16. The summed E-state index contributed by atoms with van der Waals surface area (Å²) in [4.78, 5) is 11.0. The molecule has 2 saturated heterocycles. The van der Waals surface area contributed by atoms with E-state index in [4.69, 9.17) is 17.0 Å². The number of halogens is 1.